The van der Waals surface area contributed by atoms with Crippen molar-refractivity contribution in [3.05, 3.63) is 36.4 Å². The lowest BCUT2D eigenvalue weighted by Crippen LogP contribution is -1.80. The first kappa shape index (κ1) is 8.78. The minimum absolute atomic E-state index is 1.20. The van der Waals surface area contributed by atoms with Gasteiger partial charge in [0.1, 0.15) is 0 Å². The van der Waals surface area contributed by atoms with Gasteiger partial charge < -0.3 is 4.40 Å². The van der Waals surface area contributed by atoms with Gasteiger partial charge in [-0.2, -0.15) is 0 Å². The molecule has 0 aromatic carbocycles. The van der Waals surface area contributed by atoms with Crippen LogP contribution in [0.4, 0.5) is 0 Å². The molecule has 12 heavy (non-hydrogen) atoms. The second-order valence-electron chi connectivity index (χ2n) is 2.43. The Hall–Kier alpha value is -1.31. The first-order valence-electron chi connectivity index (χ1n) is 4.24. The van der Waals surface area contributed by atoms with Gasteiger partial charge in [0.05, 0.1) is 6.33 Å². The third-order valence-corrected chi connectivity index (χ3v) is 1.54. The van der Waals surface area contributed by atoms with Gasteiger partial charge in [0.2, 0.25) is 0 Å². The fraction of sp³-hybridized carbons (Fsp3) is 0.300. The Balaban J connectivity index is 0.000000336. The summed E-state index contributed by atoms with van der Waals surface area (Å²) in [5.74, 6) is 0. The summed E-state index contributed by atoms with van der Waals surface area (Å²) in [6.07, 6.45) is 5.67. The lowest BCUT2D eigenvalue weighted by molar-refractivity contribution is 1.09. The van der Waals surface area contributed by atoms with Gasteiger partial charge in [-0.25, -0.2) is 4.98 Å². The van der Waals surface area contributed by atoms with E-state index in [1.807, 2.05) is 30.6 Å². The number of nitrogens with zero attached hydrogens (tertiary/aromatic N) is 2. The van der Waals surface area contributed by atoms with E-state index in [1.165, 1.54) is 11.1 Å². The van der Waals surface area contributed by atoms with E-state index in [0.717, 1.165) is 0 Å². The predicted octanol–water partition coefficient (Wildman–Crippen LogP) is 2.67. The molecule has 0 aliphatic heterocycles. The average Bonchev–Trinajstić information content (AvgIpc) is 2.48. The van der Waals surface area contributed by atoms with Crippen molar-refractivity contribution in [2.24, 2.45) is 0 Å². The summed E-state index contributed by atoms with van der Waals surface area (Å²) in [6, 6.07) is 4.12. The standard InChI is InChI=1S/C8H8N2.C2H6/c1-7-4-8-2-3-9-6-10(8)5-7;1-2/h2-6H,1H3;1-2H3. The molecule has 2 heteroatoms. The summed E-state index contributed by atoms with van der Waals surface area (Å²) in [5.41, 5.74) is 2.47. The van der Waals surface area contributed by atoms with E-state index in [4.69, 9.17) is 0 Å². The summed E-state index contributed by atoms with van der Waals surface area (Å²) in [6.45, 7) is 6.08. The third kappa shape index (κ3) is 1.64. The van der Waals surface area contributed by atoms with E-state index in [9.17, 15) is 0 Å². The third-order valence-electron chi connectivity index (χ3n) is 1.54. The molecular weight excluding hydrogens is 148 g/mol. The molecule has 0 saturated heterocycles. The Morgan fingerprint density at radius 1 is 1.33 bits per heavy atom. The Bertz CT molecular complexity index is 316. The molecule has 64 valence electrons. The molecule has 0 bridgehead atoms. The molecule has 0 spiro atoms. The molecule has 2 rings (SSSR count). The van der Waals surface area contributed by atoms with E-state index < -0.39 is 0 Å². The molecule has 0 saturated carbocycles. The van der Waals surface area contributed by atoms with Gasteiger partial charge in [0.15, 0.2) is 0 Å². The van der Waals surface area contributed by atoms with Crippen LogP contribution in [0.3, 0.4) is 0 Å². The normalized spacial score (nSPS) is 9.25. The molecule has 2 nitrogen and oxygen atoms in total. The summed E-state index contributed by atoms with van der Waals surface area (Å²) in [4.78, 5) is 3.99. The predicted molar refractivity (Wildman–Crippen MR) is 51.3 cm³/mol. The van der Waals surface area contributed by atoms with Crippen molar-refractivity contribution < 1.29 is 0 Å². The van der Waals surface area contributed by atoms with Crippen LogP contribution in [0, 0.1) is 6.92 Å². The molecule has 0 fully saturated rings. The largest absolute Gasteiger partial charge is 0.308 e. The highest BCUT2D eigenvalue weighted by molar-refractivity contribution is 5.48. The van der Waals surface area contributed by atoms with Crippen LogP contribution >= 0.6 is 0 Å². The summed E-state index contributed by atoms with van der Waals surface area (Å²) >= 11 is 0. The zero-order valence-corrected chi connectivity index (χ0v) is 7.78. The van der Waals surface area contributed by atoms with Gasteiger partial charge >= 0.3 is 0 Å². The second-order valence-corrected chi connectivity index (χ2v) is 2.43. The molecule has 0 aliphatic rings. The fourth-order valence-electron chi connectivity index (χ4n) is 1.10. The quantitative estimate of drug-likeness (QED) is 0.582. The van der Waals surface area contributed by atoms with Crippen molar-refractivity contribution in [3.8, 4) is 0 Å². The van der Waals surface area contributed by atoms with E-state index >= 15 is 0 Å². The van der Waals surface area contributed by atoms with Gasteiger partial charge in [-0.1, -0.05) is 13.8 Å². The maximum atomic E-state index is 3.99. The Labute approximate surface area is 72.9 Å². The van der Waals surface area contributed by atoms with E-state index in [2.05, 4.69) is 24.2 Å². The molecule has 2 aromatic rings. The zero-order chi connectivity index (χ0) is 8.97. The topological polar surface area (TPSA) is 17.3 Å². The monoisotopic (exact) mass is 162 g/mol. The fourth-order valence-corrected chi connectivity index (χ4v) is 1.10. The van der Waals surface area contributed by atoms with Crippen molar-refractivity contribution in [1.82, 2.24) is 9.38 Å². The van der Waals surface area contributed by atoms with Crippen LogP contribution in [0.1, 0.15) is 19.4 Å². The minimum atomic E-state index is 1.20. The van der Waals surface area contributed by atoms with Crippen LogP contribution in [-0.4, -0.2) is 9.38 Å². The number of hydrogen-bond donors (Lipinski definition) is 0. The smallest absolute Gasteiger partial charge is 0.0990 e. The Morgan fingerprint density at radius 3 is 2.75 bits per heavy atom. The van der Waals surface area contributed by atoms with Crippen LogP contribution in [0.5, 0.6) is 0 Å². The molecule has 2 aromatic heterocycles. The molecule has 2 heterocycles. The van der Waals surface area contributed by atoms with Gasteiger partial charge in [0, 0.05) is 17.9 Å². The first-order valence-corrected chi connectivity index (χ1v) is 4.24. The van der Waals surface area contributed by atoms with Crippen molar-refractivity contribution in [3.63, 3.8) is 0 Å². The molecule has 0 amide bonds. The van der Waals surface area contributed by atoms with E-state index in [0.29, 0.717) is 0 Å². The summed E-state index contributed by atoms with van der Waals surface area (Å²) in [5, 5.41) is 0. The highest BCUT2D eigenvalue weighted by Gasteiger charge is 1.91. The number of hydrogen-bond acceptors (Lipinski definition) is 1. The van der Waals surface area contributed by atoms with E-state index in [1.54, 1.807) is 6.20 Å². The average molecular weight is 162 g/mol. The number of rotatable bonds is 0. The van der Waals surface area contributed by atoms with Crippen LogP contribution in [0.25, 0.3) is 5.52 Å². The van der Waals surface area contributed by atoms with E-state index in [-0.39, 0.29) is 0 Å². The molecule has 0 atom stereocenters. The second kappa shape index (κ2) is 3.90. The first-order chi connectivity index (χ1) is 5.86. The van der Waals surface area contributed by atoms with Crippen molar-refractivity contribution in [2.75, 3.05) is 0 Å². The van der Waals surface area contributed by atoms with Crippen molar-refractivity contribution in [1.29, 1.82) is 0 Å². The molecule has 0 unspecified atom stereocenters. The van der Waals surface area contributed by atoms with Crippen LogP contribution in [0.15, 0.2) is 30.9 Å². The van der Waals surface area contributed by atoms with Gasteiger partial charge in [-0.3, -0.25) is 0 Å². The van der Waals surface area contributed by atoms with Gasteiger partial charge in [-0.05, 0) is 24.6 Å². The lowest BCUT2D eigenvalue weighted by Gasteiger charge is -1.87. The maximum Gasteiger partial charge on any atom is 0.0990 e. The maximum absolute atomic E-state index is 3.99. The van der Waals surface area contributed by atoms with Crippen LogP contribution in [-0.2, 0) is 0 Å². The SMILES string of the molecule is CC.Cc1cc2ccncn2c1. The highest BCUT2D eigenvalue weighted by atomic mass is 14.9. The van der Waals surface area contributed by atoms with Gasteiger partial charge in [-0.15, -0.1) is 0 Å². The lowest BCUT2D eigenvalue weighted by atomic mass is 10.4. The Morgan fingerprint density at radius 2 is 2.08 bits per heavy atom. The van der Waals surface area contributed by atoms with Crippen molar-refractivity contribution >= 4 is 5.52 Å². The molecule has 0 radical (unpaired) electrons. The molecule has 0 N–H and O–H groups in total. The molecular formula is C10H14N2. The Kier molecular flexibility index (Phi) is 2.86. The number of aryl methyl sites for hydroxylation is 1. The number of aromatic nitrogens is 2. The summed E-state index contributed by atoms with van der Waals surface area (Å²) < 4.78 is 2.01. The highest BCUT2D eigenvalue weighted by Crippen LogP contribution is 2.05. The van der Waals surface area contributed by atoms with Crippen LogP contribution < -0.4 is 0 Å². The minimum Gasteiger partial charge on any atom is -0.308 e. The van der Waals surface area contributed by atoms with Crippen LogP contribution in [0.2, 0.25) is 0 Å². The number of fused-ring (bicyclic) bond motifs is 1. The summed E-state index contributed by atoms with van der Waals surface area (Å²) in [7, 11) is 0. The zero-order valence-electron chi connectivity index (χ0n) is 7.78. The van der Waals surface area contributed by atoms with Gasteiger partial charge in [0.25, 0.3) is 0 Å². The van der Waals surface area contributed by atoms with Crippen molar-refractivity contribution in [2.45, 2.75) is 20.8 Å². The molecule has 0 aliphatic carbocycles.